The van der Waals surface area contributed by atoms with E-state index in [1.807, 2.05) is 18.2 Å². The minimum atomic E-state index is -0.469. The van der Waals surface area contributed by atoms with Gasteiger partial charge in [-0.25, -0.2) is 0 Å². The second-order valence-corrected chi connectivity index (χ2v) is 4.64. The first-order valence-corrected chi connectivity index (χ1v) is 6.03. The molecule has 4 atom stereocenters. The molecule has 1 aromatic carbocycles. The maximum Gasteiger partial charge on any atom is 0.113 e. The van der Waals surface area contributed by atoms with Crippen molar-refractivity contribution >= 4 is 0 Å². The molecular weight excluding hydrogens is 218 g/mol. The summed E-state index contributed by atoms with van der Waals surface area (Å²) in [7, 11) is 0. The highest BCUT2D eigenvalue weighted by atomic mass is 16.6. The summed E-state index contributed by atoms with van der Waals surface area (Å²) >= 11 is 0. The summed E-state index contributed by atoms with van der Waals surface area (Å²) in [6.45, 7) is 1.80. The van der Waals surface area contributed by atoms with Crippen molar-refractivity contribution in [3.05, 3.63) is 35.9 Å². The van der Waals surface area contributed by atoms with Crippen LogP contribution in [0.5, 0.6) is 0 Å². The molecule has 0 spiro atoms. The Balaban J connectivity index is 1.57. The summed E-state index contributed by atoms with van der Waals surface area (Å²) in [4.78, 5) is 0. The lowest BCUT2D eigenvalue weighted by Gasteiger charge is -2.17. The average Bonchev–Trinajstić information content (AvgIpc) is 2.92. The fourth-order valence-electron chi connectivity index (χ4n) is 2.50. The molecule has 1 aromatic rings. The predicted octanol–water partition coefficient (Wildman–Crippen LogP) is 0.303. The van der Waals surface area contributed by atoms with Crippen LogP contribution in [0.25, 0.3) is 0 Å². The Bertz CT molecular complexity index is 370. The third kappa shape index (κ3) is 2.21. The smallest absolute Gasteiger partial charge is 0.113 e. The van der Waals surface area contributed by atoms with Gasteiger partial charge in [-0.15, -0.1) is 0 Å². The second-order valence-electron chi connectivity index (χ2n) is 4.64. The lowest BCUT2D eigenvalue weighted by atomic mass is 10.1. The Morgan fingerprint density at radius 1 is 1.12 bits per heavy atom. The van der Waals surface area contributed by atoms with Crippen molar-refractivity contribution in [1.82, 2.24) is 5.32 Å². The largest absolute Gasteiger partial charge is 0.388 e. The first kappa shape index (κ1) is 11.2. The second kappa shape index (κ2) is 4.74. The number of aliphatic hydroxyl groups excluding tert-OH is 1. The molecule has 3 rings (SSSR count). The van der Waals surface area contributed by atoms with Crippen LogP contribution < -0.4 is 5.32 Å². The Kier molecular flexibility index (Phi) is 3.11. The highest BCUT2D eigenvalue weighted by molar-refractivity contribution is 5.14. The standard InChI is InChI=1S/C13H17NO3/c15-11-8-17-12-10(7-16-13(11)12)14-6-9-4-2-1-3-5-9/h1-5,10-15H,6-8H2/t10-,11-,12-,13-/m1/s1. The van der Waals surface area contributed by atoms with Gasteiger partial charge in [0.25, 0.3) is 0 Å². The number of nitrogens with one attached hydrogen (secondary N) is 1. The first-order chi connectivity index (χ1) is 8.34. The van der Waals surface area contributed by atoms with Crippen molar-refractivity contribution in [2.75, 3.05) is 13.2 Å². The Morgan fingerprint density at radius 3 is 2.71 bits per heavy atom. The molecule has 0 saturated carbocycles. The molecule has 2 aliphatic heterocycles. The zero-order valence-corrected chi connectivity index (χ0v) is 9.58. The zero-order chi connectivity index (χ0) is 11.7. The average molecular weight is 235 g/mol. The number of aliphatic hydroxyl groups is 1. The van der Waals surface area contributed by atoms with Gasteiger partial charge in [0.1, 0.15) is 18.3 Å². The summed E-state index contributed by atoms with van der Waals surface area (Å²) in [6, 6.07) is 10.4. The highest BCUT2D eigenvalue weighted by Crippen LogP contribution is 2.27. The maximum atomic E-state index is 9.62. The molecule has 0 amide bonds. The van der Waals surface area contributed by atoms with Crippen LogP contribution in [0.2, 0.25) is 0 Å². The third-order valence-electron chi connectivity index (χ3n) is 3.44. The molecule has 4 nitrogen and oxygen atoms in total. The van der Waals surface area contributed by atoms with E-state index in [-0.39, 0.29) is 18.2 Å². The topological polar surface area (TPSA) is 50.7 Å². The van der Waals surface area contributed by atoms with Crippen LogP contribution in [0, 0.1) is 0 Å². The van der Waals surface area contributed by atoms with E-state index in [0.29, 0.717) is 13.2 Å². The molecule has 2 heterocycles. The fraction of sp³-hybridized carbons (Fsp3) is 0.538. The molecule has 2 aliphatic rings. The van der Waals surface area contributed by atoms with Gasteiger partial charge in [-0.1, -0.05) is 30.3 Å². The highest BCUT2D eigenvalue weighted by Gasteiger charge is 2.46. The minimum absolute atomic E-state index is 0.00582. The van der Waals surface area contributed by atoms with E-state index in [4.69, 9.17) is 9.47 Å². The maximum absolute atomic E-state index is 9.62. The molecule has 2 saturated heterocycles. The van der Waals surface area contributed by atoms with Crippen LogP contribution in [-0.2, 0) is 16.0 Å². The minimum Gasteiger partial charge on any atom is -0.388 e. The summed E-state index contributed by atoms with van der Waals surface area (Å²) < 4.78 is 11.1. The van der Waals surface area contributed by atoms with Gasteiger partial charge in [0.05, 0.1) is 19.3 Å². The molecule has 0 aliphatic carbocycles. The zero-order valence-electron chi connectivity index (χ0n) is 9.58. The van der Waals surface area contributed by atoms with E-state index >= 15 is 0 Å². The van der Waals surface area contributed by atoms with E-state index in [9.17, 15) is 5.11 Å². The van der Waals surface area contributed by atoms with Crippen LogP contribution in [-0.4, -0.2) is 42.7 Å². The molecule has 2 fully saturated rings. The van der Waals surface area contributed by atoms with Crippen molar-refractivity contribution in [3.63, 3.8) is 0 Å². The Hall–Kier alpha value is -0.940. The Morgan fingerprint density at radius 2 is 1.88 bits per heavy atom. The van der Waals surface area contributed by atoms with Crippen molar-refractivity contribution in [3.8, 4) is 0 Å². The number of ether oxygens (including phenoxy) is 2. The van der Waals surface area contributed by atoms with E-state index in [1.54, 1.807) is 0 Å². The normalized spacial score (nSPS) is 36.1. The number of rotatable bonds is 3. The lowest BCUT2D eigenvalue weighted by molar-refractivity contribution is 0.0178. The van der Waals surface area contributed by atoms with E-state index in [0.717, 1.165) is 6.54 Å². The number of benzene rings is 1. The van der Waals surface area contributed by atoms with Gasteiger partial charge >= 0.3 is 0 Å². The number of hydrogen-bond acceptors (Lipinski definition) is 4. The first-order valence-electron chi connectivity index (χ1n) is 6.03. The predicted molar refractivity (Wildman–Crippen MR) is 62.6 cm³/mol. The van der Waals surface area contributed by atoms with Crippen LogP contribution >= 0.6 is 0 Å². The molecule has 17 heavy (non-hydrogen) atoms. The molecule has 0 radical (unpaired) electrons. The van der Waals surface area contributed by atoms with Gasteiger partial charge in [-0.3, -0.25) is 0 Å². The fourth-order valence-corrected chi connectivity index (χ4v) is 2.50. The summed E-state index contributed by atoms with van der Waals surface area (Å²) in [5.74, 6) is 0. The summed E-state index contributed by atoms with van der Waals surface area (Å²) in [6.07, 6.45) is -0.625. The third-order valence-corrected chi connectivity index (χ3v) is 3.44. The van der Waals surface area contributed by atoms with Gasteiger partial charge in [-0.2, -0.15) is 0 Å². The van der Waals surface area contributed by atoms with Crippen molar-refractivity contribution in [2.45, 2.75) is 30.9 Å². The van der Waals surface area contributed by atoms with Gasteiger partial charge in [0.15, 0.2) is 0 Å². The summed E-state index contributed by atoms with van der Waals surface area (Å²) in [5, 5.41) is 13.1. The lowest BCUT2D eigenvalue weighted by Crippen LogP contribution is -2.40. The van der Waals surface area contributed by atoms with Crippen LogP contribution in [0.1, 0.15) is 5.56 Å². The van der Waals surface area contributed by atoms with Gasteiger partial charge < -0.3 is 19.9 Å². The van der Waals surface area contributed by atoms with Crippen LogP contribution in [0.15, 0.2) is 30.3 Å². The van der Waals surface area contributed by atoms with Crippen molar-refractivity contribution < 1.29 is 14.6 Å². The van der Waals surface area contributed by atoms with Crippen LogP contribution in [0.3, 0.4) is 0 Å². The van der Waals surface area contributed by atoms with Crippen LogP contribution in [0.4, 0.5) is 0 Å². The molecule has 92 valence electrons. The van der Waals surface area contributed by atoms with Crippen molar-refractivity contribution in [2.24, 2.45) is 0 Å². The molecule has 0 bridgehead atoms. The molecule has 0 unspecified atom stereocenters. The molecular formula is C13H17NO3. The Labute approximate surface area is 101 Å². The summed E-state index contributed by atoms with van der Waals surface area (Å²) in [5.41, 5.74) is 1.24. The van der Waals surface area contributed by atoms with E-state index in [2.05, 4.69) is 17.4 Å². The number of fused-ring (bicyclic) bond motifs is 1. The molecule has 0 aromatic heterocycles. The molecule has 2 N–H and O–H groups in total. The number of hydrogen-bond donors (Lipinski definition) is 2. The monoisotopic (exact) mass is 235 g/mol. The van der Waals surface area contributed by atoms with E-state index in [1.165, 1.54) is 5.56 Å². The van der Waals surface area contributed by atoms with Crippen molar-refractivity contribution in [1.29, 1.82) is 0 Å². The van der Waals surface area contributed by atoms with Gasteiger partial charge in [0, 0.05) is 6.54 Å². The van der Waals surface area contributed by atoms with Gasteiger partial charge in [-0.05, 0) is 5.56 Å². The SMILES string of the molecule is O[C@@H]1CO[C@H]2[C@@H]1OC[C@H]2NCc1ccccc1. The van der Waals surface area contributed by atoms with E-state index < -0.39 is 6.10 Å². The quantitative estimate of drug-likeness (QED) is 0.791. The molecule has 4 heteroatoms. The van der Waals surface area contributed by atoms with Gasteiger partial charge in [0.2, 0.25) is 0 Å².